The van der Waals surface area contributed by atoms with Crippen molar-refractivity contribution in [3.63, 3.8) is 0 Å². The van der Waals surface area contributed by atoms with Gasteiger partial charge in [-0.1, -0.05) is 13.8 Å². The quantitative estimate of drug-likeness (QED) is 0.772. The molecule has 0 radical (unpaired) electrons. The zero-order valence-corrected chi connectivity index (χ0v) is 19.4. The average Bonchev–Trinajstić information content (AvgIpc) is 2.77. The molecule has 2 amide bonds. The van der Waals surface area contributed by atoms with Crippen molar-refractivity contribution in [1.29, 1.82) is 0 Å². The number of aromatic nitrogens is 1. The number of likely N-dealkylation sites (tertiary alicyclic amines) is 1. The van der Waals surface area contributed by atoms with E-state index in [1.807, 2.05) is 23.1 Å². The molecule has 3 heterocycles. The largest absolute Gasteiger partial charge is 0.378 e. The van der Waals surface area contributed by atoms with Crippen LogP contribution in [0.1, 0.15) is 38.7 Å². The van der Waals surface area contributed by atoms with E-state index in [2.05, 4.69) is 37.1 Å². The molecule has 2 atom stereocenters. The molecule has 172 valence electrons. The summed E-state index contributed by atoms with van der Waals surface area (Å²) < 4.78 is 5.44. The van der Waals surface area contributed by atoms with E-state index in [9.17, 15) is 9.59 Å². The van der Waals surface area contributed by atoms with E-state index in [4.69, 9.17) is 9.72 Å². The average molecular weight is 439 g/mol. The maximum atomic E-state index is 12.6. The van der Waals surface area contributed by atoms with Gasteiger partial charge < -0.3 is 19.9 Å². The van der Waals surface area contributed by atoms with Gasteiger partial charge in [-0.2, -0.15) is 0 Å². The first-order valence-corrected chi connectivity index (χ1v) is 11.7. The Morgan fingerprint density at radius 3 is 2.53 bits per heavy atom. The molecule has 2 saturated heterocycles. The number of benzene rings is 1. The number of nitrogens with zero attached hydrogens (tertiary/aromatic N) is 3. The summed E-state index contributed by atoms with van der Waals surface area (Å²) in [6.07, 6.45) is 1.61. The second-order valence-electron chi connectivity index (χ2n) is 9.42. The van der Waals surface area contributed by atoms with Crippen LogP contribution in [0.4, 0.5) is 11.5 Å². The number of morpholine rings is 1. The molecule has 2 fully saturated rings. The number of ether oxygens (including phenoxy) is 1. The zero-order chi connectivity index (χ0) is 22.7. The molecule has 0 spiro atoms. The molecule has 0 saturated carbocycles. The summed E-state index contributed by atoms with van der Waals surface area (Å²) in [5, 5.41) is 3.97. The maximum absolute atomic E-state index is 12.6. The molecule has 2 aromatic rings. The number of carbonyl (C=O) groups is 2. The van der Waals surface area contributed by atoms with Crippen molar-refractivity contribution in [3.8, 4) is 0 Å². The van der Waals surface area contributed by atoms with Crippen LogP contribution in [0.25, 0.3) is 10.9 Å². The van der Waals surface area contributed by atoms with E-state index < -0.39 is 0 Å². The van der Waals surface area contributed by atoms with Crippen molar-refractivity contribution in [1.82, 2.24) is 9.88 Å². The standard InChI is InChI=1S/C25H34N4O3/c1-17-12-18(2)16-29(15-17)25(31)7-6-24(30)26-20-4-5-22-21(14-20)19(3)13-23(27-22)28-8-10-32-11-9-28/h4-5,13-14,17-18H,6-12,15-16H2,1-3H3,(H,26,30)/t17-,18-/m1/s1. The predicted octanol–water partition coefficient (Wildman–Crippen LogP) is 3.60. The third-order valence-electron chi connectivity index (χ3n) is 6.41. The van der Waals surface area contributed by atoms with Crippen LogP contribution in [0.2, 0.25) is 0 Å². The first-order chi connectivity index (χ1) is 15.4. The van der Waals surface area contributed by atoms with Crippen molar-refractivity contribution in [2.45, 2.75) is 40.0 Å². The van der Waals surface area contributed by atoms with Gasteiger partial charge in [-0.25, -0.2) is 4.98 Å². The molecule has 0 bridgehead atoms. The number of hydrogen-bond acceptors (Lipinski definition) is 5. The summed E-state index contributed by atoms with van der Waals surface area (Å²) in [5.41, 5.74) is 2.77. The molecule has 4 rings (SSSR count). The lowest BCUT2D eigenvalue weighted by Gasteiger charge is -2.35. The minimum atomic E-state index is -0.133. The third-order valence-corrected chi connectivity index (χ3v) is 6.41. The van der Waals surface area contributed by atoms with Crippen LogP contribution in [-0.4, -0.2) is 61.1 Å². The maximum Gasteiger partial charge on any atom is 0.224 e. The van der Waals surface area contributed by atoms with Crippen molar-refractivity contribution < 1.29 is 14.3 Å². The van der Waals surface area contributed by atoms with E-state index >= 15 is 0 Å². The molecule has 2 aliphatic rings. The number of amides is 2. The molecule has 1 aromatic carbocycles. The van der Waals surface area contributed by atoms with E-state index in [0.717, 1.165) is 73.8 Å². The number of aryl methyl sites for hydroxylation is 1. The normalized spacial score (nSPS) is 21.6. The molecular weight excluding hydrogens is 404 g/mol. The second-order valence-corrected chi connectivity index (χ2v) is 9.42. The predicted molar refractivity (Wildman–Crippen MR) is 127 cm³/mol. The van der Waals surface area contributed by atoms with Gasteiger partial charge in [0.2, 0.25) is 11.8 Å². The molecule has 7 heteroatoms. The van der Waals surface area contributed by atoms with Gasteiger partial charge in [-0.3, -0.25) is 9.59 Å². The van der Waals surface area contributed by atoms with Gasteiger partial charge in [0.25, 0.3) is 0 Å². The fraction of sp³-hybridized carbons (Fsp3) is 0.560. The van der Waals surface area contributed by atoms with Gasteiger partial charge in [0, 0.05) is 50.1 Å². The number of pyridine rings is 1. The van der Waals surface area contributed by atoms with Gasteiger partial charge in [0.1, 0.15) is 5.82 Å². The van der Waals surface area contributed by atoms with E-state index in [0.29, 0.717) is 11.8 Å². The zero-order valence-electron chi connectivity index (χ0n) is 19.4. The Kier molecular flexibility index (Phi) is 6.94. The minimum absolute atomic E-state index is 0.0766. The van der Waals surface area contributed by atoms with Gasteiger partial charge in [-0.15, -0.1) is 0 Å². The number of carbonyl (C=O) groups excluding carboxylic acids is 2. The van der Waals surface area contributed by atoms with Crippen LogP contribution >= 0.6 is 0 Å². The van der Waals surface area contributed by atoms with Crippen LogP contribution in [0.3, 0.4) is 0 Å². The Morgan fingerprint density at radius 2 is 1.81 bits per heavy atom. The number of anilines is 2. The Bertz CT molecular complexity index is 977. The van der Waals surface area contributed by atoms with Crippen LogP contribution in [0.5, 0.6) is 0 Å². The minimum Gasteiger partial charge on any atom is -0.378 e. The van der Waals surface area contributed by atoms with Crippen LogP contribution in [0, 0.1) is 18.8 Å². The van der Waals surface area contributed by atoms with Gasteiger partial charge in [0.15, 0.2) is 0 Å². The monoisotopic (exact) mass is 438 g/mol. The smallest absolute Gasteiger partial charge is 0.224 e. The summed E-state index contributed by atoms with van der Waals surface area (Å²) in [6, 6.07) is 7.89. The molecule has 2 aliphatic heterocycles. The molecule has 1 N–H and O–H groups in total. The lowest BCUT2D eigenvalue weighted by molar-refractivity contribution is -0.135. The van der Waals surface area contributed by atoms with E-state index in [1.54, 1.807) is 0 Å². The summed E-state index contributed by atoms with van der Waals surface area (Å²) in [4.78, 5) is 34.0. The van der Waals surface area contributed by atoms with Gasteiger partial charge in [0.05, 0.1) is 18.7 Å². The summed E-state index contributed by atoms with van der Waals surface area (Å²) in [7, 11) is 0. The lowest BCUT2D eigenvalue weighted by Crippen LogP contribution is -2.42. The lowest BCUT2D eigenvalue weighted by atomic mass is 9.91. The molecular formula is C25H34N4O3. The number of rotatable bonds is 5. The highest BCUT2D eigenvalue weighted by Crippen LogP contribution is 2.26. The fourth-order valence-corrected chi connectivity index (χ4v) is 4.88. The highest BCUT2D eigenvalue weighted by molar-refractivity contribution is 5.96. The van der Waals surface area contributed by atoms with Crippen molar-refractivity contribution >= 4 is 34.2 Å². The Hall–Kier alpha value is -2.67. The Labute approximate surface area is 190 Å². The van der Waals surface area contributed by atoms with Gasteiger partial charge in [-0.05, 0) is 55.0 Å². The molecule has 0 aliphatic carbocycles. The Morgan fingerprint density at radius 1 is 1.09 bits per heavy atom. The fourth-order valence-electron chi connectivity index (χ4n) is 4.88. The summed E-state index contributed by atoms with van der Waals surface area (Å²) in [6.45, 7) is 11.2. The van der Waals surface area contributed by atoms with Crippen molar-refractivity contribution in [2.24, 2.45) is 11.8 Å². The number of nitrogens with one attached hydrogen (secondary N) is 1. The van der Waals surface area contributed by atoms with Crippen LogP contribution in [0.15, 0.2) is 24.3 Å². The summed E-state index contributed by atoms with van der Waals surface area (Å²) in [5.74, 6) is 1.96. The second kappa shape index (κ2) is 9.86. The van der Waals surface area contributed by atoms with E-state index in [1.165, 1.54) is 0 Å². The number of fused-ring (bicyclic) bond motifs is 1. The van der Waals surface area contributed by atoms with Crippen molar-refractivity contribution in [2.75, 3.05) is 49.6 Å². The number of hydrogen-bond donors (Lipinski definition) is 1. The summed E-state index contributed by atoms with van der Waals surface area (Å²) >= 11 is 0. The first kappa shape index (κ1) is 22.5. The topological polar surface area (TPSA) is 74.8 Å². The highest BCUT2D eigenvalue weighted by atomic mass is 16.5. The van der Waals surface area contributed by atoms with Crippen molar-refractivity contribution in [3.05, 3.63) is 29.8 Å². The molecule has 7 nitrogen and oxygen atoms in total. The Balaban J connectivity index is 1.36. The first-order valence-electron chi connectivity index (χ1n) is 11.7. The molecule has 0 unspecified atom stereocenters. The van der Waals surface area contributed by atoms with E-state index in [-0.39, 0.29) is 24.7 Å². The third kappa shape index (κ3) is 5.38. The van der Waals surface area contributed by atoms with Crippen LogP contribution in [-0.2, 0) is 14.3 Å². The SMILES string of the molecule is Cc1cc(N2CCOCC2)nc2ccc(NC(=O)CCC(=O)N3C[C@H](C)C[C@@H](C)C3)cc12. The highest BCUT2D eigenvalue weighted by Gasteiger charge is 2.25. The van der Waals surface area contributed by atoms with Crippen LogP contribution < -0.4 is 10.2 Å². The molecule has 1 aromatic heterocycles. The van der Waals surface area contributed by atoms with Gasteiger partial charge >= 0.3 is 0 Å². The number of piperidine rings is 1. The molecule has 32 heavy (non-hydrogen) atoms.